The molecule has 1 aromatic heterocycles. The highest BCUT2D eigenvalue weighted by atomic mass is 16.3. The Morgan fingerprint density at radius 3 is 2.15 bits per heavy atom. The standard InChI is InChI=1S/C42H38.C19H14O/c1-6-14-34-26-35-20-19-29(25-37(35)36(34)8-3)15-12-13-16-30(7-2)32-21-23-40-38(27-32)39-28-33(31-17-10-9-11-18-31)22-24-41(39)42(40,4)5;1-13-5-4-6-14(11-13)15-9-10-19-17(12-15)16-7-2-3-8-18(16)20-19/h6-14,16-25,27-28H,2-3,15,26H2,1,4-5H3;2-12H,1H3/b13-12-,14-6-,30-16+;. The average Bonchev–Trinajstić information content (AvgIpc) is 3.92. The number of rotatable bonds is 9. The van der Waals surface area contributed by atoms with Crippen LogP contribution in [-0.2, 0) is 18.3 Å². The fourth-order valence-electron chi connectivity index (χ4n) is 9.37. The van der Waals surface area contributed by atoms with Crippen LogP contribution in [0.25, 0.3) is 66.5 Å². The van der Waals surface area contributed by atoms with Crippen molar-refractivity contribution in [2.75, 3.05) is 0 Å². The first kappa shape index (κ1) is 40.2. The molecule has 10 rings (SSSR count). The lowest BCUT2D eigenvalue weighted by atomic mass is 9.82. The molecule has 0 radical (unpaired) electrons. The van der Waals surface area contributed by atoms with Gasteiger partial charge in [-0.15, -0.1) is 0 Å². The molecule has 0 spiro atoms. The van der Waals surface area contributed by atoms with E-state index < -0.39 is 0 Å². The number of benzene rings is 7. The molecular weight excluding hydrogens is 749 g/mol. The molecule has 8 aromatic rings. The zero-order valence-electron chi connectivity index (χ0n) is 36.2. The maximum absolute atomic E-state index is 5.87. The van der Waals surface area contributed by atoms with Crippen molar-refractivity contribution in [3.8, 4) is 33.4 Å². The van der Waals surface area contributed by atoms with Gasteiger partial charge >= 0.3 is 0 Å². The summed E-state index contributed by atoms with van der Waals surface area (Å²) in [7, 11) is 0. The molecule has 0 N–H and O–H groups in total. The van der Waals surface area contributed by atoms with E-state index in [9.17, 15) is 0 Å². The summed E-state index contributed by atoms with van der Waals surface area (Å²) in [6.07, 6.45) is 16.7. The molecule has 0 saturated heterocycles. The molecule has 62 heavy (non-hydrogen) atoms. The van der Waals surface area contributed by atoms with Crippen LogP contribution in [0.1, 0.15) is 59.7 Å². The van der Waals surface area contributed by atoms with Crippen LogP contribution in [-0.4, -0.2) is 0 Å². The van der Waals surface area contributed by atoms with E-state index in [-0.39, 0.29) is 5.41 Å². The first-order valence-electron chi connectivity index (χ1n) is 21.7. The highest BCUT2D eigenvalue weighted by Gasteiger charge is 2.35. The summed E-state index contributed by atoms with van der Waals surface area (Å²) in [4.78, 5) is 0. The second-order valence-electron chi connectivity index (χ2n) is 17.0. The van der Waals surface area contributed by atoms with Gasteiger partial charge in [0.05, 0.1) is 0 Å². The molecular formula is C61H52O. The number of allylic oxidation sites excluding steroid dienone is 10. The second-order valence-corrected chi connectivity index (χ2v) is 17.0. The minimum absolute atomic E-state index is 0.0273. The Morgan fingerprint density at radius 1 is 0.645 bits per heavy atom. The summed E-state index contributed by atoms with van der Waals surface area (Å²) in [6, 6.07) is 54.5. The normalized spacial score (nSPS) is 14.0. The van der Waals surface area contributed by atoms with E-state index in [1.807, 2.05) is 24.3 Å². The van der Waals surface area contributed by atoms with Crippen LogP contribution >= 0.6 is 0 Å². The first-order chi connectivity index (χ1) is 30.2. The lowest BCUT2D eigenvalue weighted by Gasteiger charge is -2.21. The first-order valence-corrected chi connectivity index (χ1v) is 21.7. The highest BCUT2D eigenvalue weighted by molar-refractivity contribution is 6.06. The lowest BCUT2D eigenvalue weighted by Crippen LogP contribution is -2.14. The molecule has 7 aromatic carbocycles. The predicted octanol–water partition coefficient (Wildman–Crippen LogP) is 16.7. The molecule has 0 amide bonds. The van der Waals surface area contributed by atoms with Gasteiger partial charge in [-0.05, 0) is 141 Å². The molecule has 2 aliphatic carbocycles. The fraction of sp³-hybridized carbons (Fsp3) is 0.115. The highest BCUT2D eigenvalue weighted by Crippen LogP contribution is 2.50. The quantitative estimate of drug-likeness (QED) is 0.133. The lowest BCUT2D eigenvalue weighted by molar-refractivity contribution is 0.660. The van der Waals surface area contributed by atoms with E-state index >= 15 is 0 Å². The van der Waals surface area contributed by atoms with Gasteiger partial charge in [0.2, 0.25) is 0 Å². The summed E-state index contributed by atoms with van der Waals surface area (Å²) in [5.74, 6) is 0. The summed E-state index contributed by atoms with van der Waals surface area (Å²) >= 11 is 0. The number of hydrogen-bond donors (Lipinski definition) is 0. The van der Waals surface area contributed by atoms with E-state index in [0.717, 1.165) is 29.6 Å². The third-order valence-corrected chi connectivity index (χ3v) is 12.6. The van der Waals surface area contributed by atoms with Gasteiger partial charge in [-0.2, -0.15) is 0 Å². The topological polar surface area (TPSA) is 13.1 Å². The third kappa shape index (κ3) is 7.68. The van der Waals surface area contributed by atoms with Crippen LogP contribution in [0, 0.1) is 6.92 Å². The Balaban J connectivity index is 0.000000203. The van der Waals surface area contributed by atoms with Gasteiger partial charge in [0.15, 0.2) is 0 Å². The molecule has 0 saturated carbocycles. The Labute approximate surface area is 367 Å². The number of hydrogen-bond acceptors (Lipinski definition) is 1. The molecule has 1 heterocycles. The summed E-state index contributed by atoms with van der Waals surface area (Å²) < 4.78 is 5.87. The SMILES string of the molecule is C=CC1=C(/C=C\C)Cc2ccc(C/C=C\C=C(/C=C)c3ccc4c(c3)-c3cc(-c5ccccc5)ccc3C4(C)C)cc21.Cc1cccc(-c2ccc3oc4ccccc4c3c2)c1. The van der Waals surface area contributed by atoms with Crippen LogP contribution in [0.4, 0.5) is 0 Å². The Hall–Kier alpha value is -7.22. The van der Waals surface area contributed by atoms with Crippen LogP contribution in [0.15, 0.2) is 217 Å². The molecule has 0 bridgehead atoms. The molecule has 0 unspecified atom stereocenters. The van der Waals surface area contributed by atoms with Crippen molar-refractivity contribution in [2.45, 2.75) is 46.0 Å². The maximum Gasteiger partial charge on any atom is 0.135 e. The molecule has 1 heteroatoms. The Bertz CT molecular complexity index is 3140. The zero-order chi connectivity index (χ0) is 42.8. The monoisotopic (exact) mass is 800 g/mol. The van der Waals surface area contributed by atoms with E-state index in [2.05, 4.69) is 211 Å². The minimum atomic E-state index is -0.0273. The van der Waals surface area contributed by atoms with Crippen molar-refractivity contribution < 1.29 is 4.42 Å². The zero-order valence-corrected chi connectivity index (χ0v) is 36.2. The average molecular weight is 801 g/mol. The van der Waals surface area contributed by atoms with E-state index in [4.69, 9.17) is 4.42 Å². The van der Waals surface area contributed by atoms with Crippen molar-refractivity contribution in [1.82, 2.24) is 0 Å². The Morgan fingerprint density at radius 2 is 1.35 bits per heavy atom. The minimum Gasteiger partial charge on any atom is -0.456 e. The molecule has 1 nitrogen and oxygen atoms in total. The van der Waals surface area contributed by atoms with Crippen LogP contribution in [0.3, 0.4) is 0 Å². The number of furan rings is 1. The summed E-state index contributed by atoms with van der Waals surface area (Å²) in [5.41, 5.74) is 22.5. The van der Waals surface area contributed by atoms with Crippen molar-refractivity contribution in [3.05, 3.63) is 252 Å². The number of fused-ring (bicyclic) bond motifs is 7. The van der Waals surface area contributed by atoms with E-state index in [1.54, 1.807) is 0 Å². The largest absolute Gasteiger partial charge is 0.456 e. The molecule has 0 atom stereocenters. The van der Waals surface area contributed by atoms with Crippen molar-refractivity contribution in [1.29, 1.82) is 0 Å². The molecule has 0 aliphatic heterocycles. The molecule has 302 valence electrons. The van der Waals surface area contributed by atoms with E-state index in [0.29, 0.717) is 0 Å². The summed E-state index contributed by atoms with van der Waals surface area (Å²) in [6.45, 7) is 17.1. The van der Waals surface area contributed by atoms with Gasteiger partial charge in [0, 0.05) is 16.2 Å². The van der Waals surface area contributed by atoms with Crippen molar-refractivity contribution >= 4 is 33.1 Å². The van der Waals surface area contributed by atoms with E-state index in [1.165, 1.54) is 94.2 Å². The van der Waals surface area contributed by atoms with Crippen LogP contribution < -0.4 is 0 Å². The molecule has 2 aliphatic rings. The number of para-hydroxylation sites is 1. The molecule has 0 fully saturated rings. The Kier molecular flexibility index (Phi) is 11.0. The van der Waals surface area contributed by atoms with Crippen molar-refractivity contribution in [2.24, 2.45) is 0 Å². The number of aryl methyl sites for hydroxylation is 1. The third-order valence-electron chi connectivity index (χ3n) is 12.6. The van der Waals surface area contributed by atoms with Gasteiger partial charge < -0.3 is 4.42 Å². The van der Waals surface area contributed by atoms with Gasteiger partial charge in [-0.1, -0.05) is 196 Å². The smallest absolute Gasteiger partial charge is 0.135 e. The van der Waals surface area contributed by atoms with Gasteiger partial charge in [-0.25, -0.2) is 0 Å². The van der Waals surface area contributed by atoms with Crippen molar-refractivity contribution in [3.63, 3.8) is 0 Å². The van der Waals surface area contributed by atoms with Gasteiger partial charge in [0.1, 0.15) is 11.2 Å². The maximum atomic E-state index is 5.87. The second kappa shape index (κ2) is 17.0. The summed E-state index contributed by atoms with van der Waals surface area (Å²) in [5, 5.41) is 2.36. The van der Waals surface area contributed by atoms with Gasteiger partial charge in [-0.3, -0.25) is 0 Å². The van der Waals surface area contributed by atoms with Crippen LogP contribution in [0.2, 0.25) is 0 Å². The van der Waals surface area contributed by atoms with Gasteiger partial charge in [0.25, 0.3) is 0 Å². The fourth-order valence-corrected chi connectivity index (χ4v) is 9.37. The predicted molar refractivity (Wildman–Crippen MR) is 266 cm³/mol. The van der Waals surface area contributed by atoms with Crippen LogP contribution in [0.5, 0.6) is 0 Å².